The summed E-state index contributed by atoms with van der Waals surface area (Å²) >= 11 is 0. The summed E-state index contributed by atoms with van der Waals surface area (Å²) in [6.45, 7) is 7.08. The number of hydrogen-bond donors (Lipinski definition) is 3. The van der Waals surface area contributed by atoms with Crippen LogP contribution in [0.5, 0.6) is 0 Å². The van der Waals surface area contributed by atoms with Crippen LogP contribution >= 0.6 is 0 Å². The molecule has 0 aromatic carbocycles. The molecule has 0 bridgehead atoms. The first kappa shape index (κ1) is 25.2. The van der Waals surface area contributed by atoms with Crippen molar-refractivity contribution < 1.29 is 17.4 Å². The molecule has 1 aliphatic rings. The molecule has 10 heteroatoms. The summed E-state index contributed by atoms with van der Waals surface area (Å²) < 4.78 is 26.6. The van der Waals surface area contributed by atoms with Gasteiger partial charge in [-0.3, -0.25) is 15.4 Å². The highest BCUT2D eigenvalue weighted by Gasteiger charge is 2.57. The van der Waals surface area contributed by atoms with Crippen LogP contribution in [0.2, 0.25) is 12.1 Å². The van der Waals surface area contributed by atoms with Crippen LogP contribution in [0.1, 0.15) is 52.4 Å². The van der Waals surface area contributed by atoms with Gasteiger partial charge >= 0.3 is 17.5 Å². The van der Waals surface area contributed by atoms with E-state index in [-0.39, 0.29) is 6.17 Å². The normalized spacial score (nSPS) is 22.4. The van der Waals surface area contributed by atoms with E-state index in [9.17, 15) is 0 Å². The zero-order chi connectivity index (χ0) is 20.2. The van der Waals surface area contributed by atoms with Crippen molar-refractivity contribution in [2.24, 2.45) is 5.73 Å². The molecule has 0 aromatic heterocycles. The third-order valence-corrected chi connectivity index (χ3v) is 12.9. The van der Waals surface area contributed by atoms with Gasteiger partial charge in [-0.25, -0.2) is 0 Å². The number of nitrogens with one attached hydrogen (secondary N) is 2. The summed E-state index contributed by atoms with van der Waals surface area (Å²) in [5.41, 5.74) is 12.9. The minimum atomic E-state index is -2.82. The molecule has 0 radical (unpaired) electrons. The Hall–Kier alpha value is 0.114. The minimum Gasteiger partial charge on any atom is -0.386 e. The number of hydrogen-bond acceptors (Lipinski definition) is 8. The van der Waals surface area contributed by atoms with Crippen molar-refractivity contribution in [3.63, 3.8) is 0 Å². The molecule has 1 aliphatic heterocycles. The molecule has 8 nitrogen and oxygen atoms in total. The summed E-state index contributed by atoms with van der Waals surface area (Å²) in [4.78, 5) is 0. The average Bonchev–Trinajstić information content (AvgIpc) is 3.10. The van der Waals surface area contributed by atoms with Crippen LogP contribution in [-0.2, 0) is 17.4 Å². The van der Waals surface area contributed by atoms with E-state index in [4.69, 9.17) is 23.1 Å². The molecule has 0 aromatic rings. The number of hydrazine groups is 1. The molecule has 1 saturated heterocycles. The van der Waals surface area contributed by atoms with Gasteiger partial charge in [0.15, 0.2) is 0 Å². The number of rotatable bonds is 16. The highest BCUT2D eigenvalue weighted by atomic mass is 28.5. The second-order valence-corrected chi connectivity index (χ2v) is 13.5. The third-order valence-electron chi connectivity index (χ3n) is 5.14. The van der Waals surface area contributed by atoms with Crippen molar-refractivity contribution in [2.45, 2.75) is 70.6 Å². The van der Waals surface area contributed by atoms with E-state index in [2.05, 4.69) is 29.3 Å². The predicted octanol–water partition coefficient (Wildman–Crippen LogP) is 1.90. The maximum Gasteiger partial charge on any atom is 0.492 e. The SMILES string of the molecule is CCCCNNCCC[Si](OC)(OC)O[Si]1(OC)CCCN1C(N)CCC. The van der Waals surface area contributed by atoms with Crippen LogP contribution < -0.4 is 16.6 Å². The van der Waals surface area contributed by atoms with E-state index in [1.54, 1.807) is 21.3 Å². The molecular formula is C17H42N4O4Si2. The van der Waals surface area contributed by atoms with Gasteiger partial charge in [-0.15, -0.1) is 0 Å². The topological polar surface area (TPSA) is 90.2 Å². The van der Waals surface area contributed by atoms with Gasteiger partial charge in [0.2, 0.25) is 0 Å². The van der Waals surface area contributed by atoms with Gasteiger partial charge in [0.05, 0.1) is 6.17 Å². The van der Waals surface area contributed by atoms with Crippen molar-refractivity contribution in [3.8, 4) is 0 Å². The van der Waals surface area contributed by atoms with Gasteiger partial charge in [0, 0.05) is 46.5 Å². The van der Waals surface area contributed by atoms with Gasteiger partial charge in [-0.05, 0) is 32.2 Å². The standard InChI is InChI=1S/C17H42N4O4Si2/c1-6-8-12-19-20-13-9-16-27(23-4,24-5)25-26(22-3)15-10-14-21(26)17(18)11-7-2/h17,19-20H,6-16,18H2,1-5H3. The average molecular weight is 423 g/mol. The number of nitrogens with zero attached hydrogens (tertiary/aromatic N) is 1. The Morgan fingerprint density at radius 3 is 2.30 bits per heavy atom. The first-order valence-corrected chi connectivity index (χ1v) is 14.3. The Bertz CT molecular complexity index is 394. The number of unbranched alkanes of at least 4 members (excludes halogenated alkanes) is 1. The van der Waals surface area contributed by atoms with E-state index in [0.717, 1.165) is 57.4 Å². The Labute approximate surface area is 168 Å². The molecule has 162 valence electrons. The zero-order valence-electron chi connectivity index (χ0n) is 18.0. The lowest BCUT2D eigenvalue weighted by Gasteiger charge is -2.41. The van der Waals surface area contributed by atoms with Crippen molar-refractivity contribution in [3.05, 3.63) is 0 Å². The molecule has 4 N–H and O–H groups in total. The van der Waals surface area contributed by atoms with E-state index in [1.807, 2.05) is 0 Å². The molecule has 2 atom stereocenters. The van der Waals surface area contributed by atoms with Crippen LogP contribution in [0.15, 0.2) is 0 Å². The molecule has 1 heterocycles. The van der Waals surface area contributed by atoms with Crippen LogP contribution in [0.25, 0.3) is 0 Å². The second kappa shape index (κ2) is 13.4. The van der Waals surface area contributed by atoms with Gasteiger partial charge in [-0.1, -0.05) is 26.7 Å². The highest BCUT2D eigenvalue weighted by molar-refractivity contribution is 6.77. The molecule has 1 fully saturated rings. The molecule has 2 unspecified atom stereocenters. The van der Waals surface area contributed by atoms with Crippen molar-refractivity contribution in [2.75, 3.05) is 41.0 Å². The maximum absolute atomic E-state index is 6.67. The lowest BCUT2D eigenvalue weighted by molar-refractivity contribution is 0.105. The van der Waals surface area contributed by atoms with Crippen molar-refractivity contribution in [1.29, 1.82) is 0 Å². The van der Waals surface area contributed by atoms with Crippen LogP contribution in [0.4, 0.5) is 0 Å². The fourth-order valence-electron chi connectivity index (χ4n) is 3.53. The largest absolute Gasteiger partial charge is 0.492 e. The van der Waals surface area contributed by atoms with Crippen LogP contribution in [0.3, 0.4) is 0 Å². The summed E-state index contributed by atoms with van der Waals surface area (Å²) in [7, 11) is -0.316. The molecule has 1 rings (SSSR count). The minimum absolute atomic E-state index is 0.0334. The van der Waals surface area contributed by atoms with E-state index in [1.165, 1.54) is 12.8 Å². The van der Waals surface area contributed by atoms with Crippen LogP contribution in [-0.4, -0.2) is 69.2 Å². The third kappa shape index (κ3) is 7.46. The summed E-state index contributed by atoms with van der Waals surface area (Å²) in [6, 6.07) is 1.65. The van der Waals surface area contributed by atoms with Gasteiger partial charge in [0.1, 0.15) is 0 Å². The number of nitrogens with two attached hydrogens (primary N) is 1. The van der Waals surface area contributed by atoms with Crippen molar-refractivity contribution >= 4 is 17.5 Å². The first-order valence-electron chi connectivity index (χ1n) is 10.4. The van der Waals surface area contributed by atoms with E-state index >= 15 is 0 Å². The van der Waals surface area contributed by atoms with Gasteiger partial charge in [-0.2, -0.15) is 0 Å². The Balaban J connectivity index is 2.68. The molecule has 0 aliphatic carbocycles. The monoisotopic (exact) mass is 422 g/mol. The van der Waals surface area contributed by atoms with Crippen molar-refractivity contribution in [1.82, 2.24) is 15.4 Å². The molecular weight excluding hydrogens is 380 g/mol. The van der Waals surface area contributed by atoms with E-state index < -0.39 is 17.5 Å². The Kier molecular flexibility index (Phi) is 12.4. The smallest absolute Gasteiger partial charge is 0.386 e. The lowest BCUT2D eigenvalue weighted by atomic mass is 10.3. The fourth-order valence-corrected chi connectivity index (χ4v) is 11.4. The first-order chi connectivity index (χ1) is 13.0. The maximum atomic E-state index is 6.67. The molecule has 0 amide bonds. The molecule has 27 heavy (non-hydrogen) atoms. The van der Waals surface area contributed by atoms with Gasteiger partial charge < -0.3 is 23.1 Å². The lowest BCUT2D eigenvalue weighted by Crippen LogP contribution is -2.66. The van der Waals surface area contributed by atoms with Crippen LogP contribution in [0, 0.1) is 0 Å². The summed E-state index contributed by atoms with van der Waals surface area (Å²) in [6.07, 6.45) is 6.24. The molecule has 0 saturated carbocycles. The summed E-state index contributed by atoms with van der Waals surface area (Å²) in [5, 5.41) is 0. The Morgan fingerprint density at radius 1 is 1.07 bits per heavy atom. The quantitative estimate of drug-likeness (QED) is 0.197. The molecule has 0 spiro atoms. The zero-order valence-corrected chi connectivity index (χ0v) is 20.0. The Morgan fingerprint density at radius 2 is 1.74 bits per heavy atom. The predicted molar refractivity (Wildman–Crippen MR) is 113 cm³/mol. The van der Waals surface area contributed by atoms with E-state index in [0.29, 0.717) is 0 Å². The summed E-state index contributed by atoms with van der Waals surface area (Å²) in [5.74, 6) is 0. The fraction of sp³-hybridized carbons (Fsp3) is 1.00. The highest BCUT2D eigenvalue weighted by Crippen LogP contribution is 2.34. The van der Waals surface area contributed by atoms with Gasteiger partial charge in [0.25, 0.3) is 0 Å². The second-order valence-electron chi connectivity index (χ2n) is 7.07.